The standard InChI is InChI=1S/C15H24N4O3/c1-3-16-15(17-9-4-10-22-2)18-11-14(21)19-12-5-7-13(20)8-6-12/h5-8,20H,3-4,9-11H2,1-2H3,(H,19,21)(H2,16,17,18). The van der Waals surface area contributed by atoms with Crippen molar-refractivity contribution in [2.24, 2.45) is 4.99 Å². The molecule has 1 aromatic rings. The number of carbonyl (C=O) groups excluding carboxylic acids is 1. The second-order valence-corrected chi connectivity index (χ2v) is 4.56. The lowest BCUT2D eigenvalue weighted by atomic mass is 10.3. The van der Waals surface area contributed by atoms with E-state index in [-0.39, 0.29) is 18.2 Å². The van der Waals surface area contributed by atoms with E-state index in [9.17, 15) is 9.90 Å². The minimum absolute atomic E-state index is 0.0144. The zero-order valence-corrected chi connectivity index (χ0v) is 13.1. The summed E-state index contributed by atoms with van der Waals surface area (Å²) in [4.78, 5) is 16.0. The topological polar surface area (TPSA) is 95.0 Å². The van der Waals surface area contributed by atoms with Crippen molar-refractivity contribution in [2.75, 3.05) is 38.7 Å². The van der Waals surface area contributed by atoms with Gasteiger partial charge in [-0.05, 0) is 37.6 Å². The van der Waals surface area contributed by atoms with Gasteiger partial charge in [-0.3, -0.25) is 4.79 Å². The van der Waals surface area contributed by atoms with E-state index in [4.69, 9.17) is 4.74 Å². The Morgan fingerprint density at radius 3 is 2.64 bits per heavy atom. The van der Waals surface area contributed by atoms with Crippen LogP contribution >= 0.6 is 0 Å². The Morgan fingerprint density at radius 2 is 2.00 bits per heavy atom. The summed E-state index contributed by atoms with van der Waals surface area (Å²) in [5.41, 5.74) is 0.621. The summed E-state index contributed by atoms with van der Waals surface area (Å²) >= 11 is 0. The second-order valence-electron chi connectivity index (χ2n) is 4.56. The van der Waals surface area contributed by atoms with Crippen molar-refractivity contribution in [3.05, 3.63) is 24.3 Å². The fourth-order valence-electron chi connectivity index (χ4n) is 1.66. The number of phenols is 1. The number of hydrogen-bond acceptors (Lipinski definition) is 4. The van der Waals surface area contributed by atoms with Crippen LogP contribution in [-0.2, 0) is 9.53 Å². The van der Waals surface area contributed by atoms with Crippen molar-refractivity contribution >= 4 is 17.6 Å². The lowest BCUT2D eigenvalue weighted by Gasteiger charge is -2.11. The lowest BCUT2D eigenvalue weighted by molar-refractivity contribution is -0.114. The first-order valence-electron chi connectivity index (χ1n) is 7.25. The zero-order valence-electron chi connectivity index (χ0n) is 13.1. The van der Waals surface area contributed by atoms with Crippen LogP contribution in [0.4, 0.5) is 5.69 Å². The average molecular weight is 308 g/mol. The molecule has 0 aliphatic carbocycles. The third kappa shape index (κ3) is 7.49. The molecule has 122 valence electrons. The van der Waals surface area contributed by atoms with E-state index in [0.29, 0.717) is 18.3 Å². The van der Waals surface area contributed by atoms with Crippen LogP contribution < -0.4 is 16.0 Å². The number of ether oxygens (including phenoxy) is 1. The number of anilines is 1. The number of methoxy groups -OCH3 is 1. The summed E-state index contributed by atoms with van der Waals surface area (Å²) < 4.78 is 4.97. The summed E-state index contributed by atoms with van der Waals surface area (Å²) in [6, 6.07) is 6.29. The maximum absolute atomic E-state index is 11.8. The quantitative estimate of drug-likeness (QED) is 0.248. The Labute approximate surface area is 130 Å². The normalized spacial score (nSPS) is 11.1. The number of aromatic hydroxyl groups is 1. The summed E-state index contributed by atoms with van der Waals surface area (Å²) in [6.07, 6.45) is 0.862. The van der Waals surface area contributed by atoms with E-state index in [1.807, 2.05) is 6.92 Å². The molecule has 1 rings (SSSR count). The van der Waals surface area contributed by atoms with Crippen molar-refractivity contribution in [1.29, 1.82) is 0 Å². The third-order valence-corrected chi connectivity index (χ3v) is 2.69. The molecule has 0 aliphatic rings. The Bertz CT molecular complexity index is 474. The molecule has 0 aliphatic heterocycles. The van der Waals surface area contributed by atoms with Gasteiger partial charge < -0.3 is 25.8 Å². The monoisotopic (exact) mass is 308 g/mol. The van der Waals surface area contributed by atoms with Crippen LogP contribution in [0.25, 0.3) is 0 Å². The first-order chi connectivity index (χ1) is 10.7. The summed E-state index contributed by atoms with van der Waals surface area (Å²) in [6.45, 7) is 4.09. The number of hydrogen-bond donors (Lipinski definition) is 4. The van der Waals surface area contributed by atoms with Crippen molar-refractivity contribution in [3.8, 4) is 5.75 Å². The molecule has 1 amide bonds. The number of phenolic OH excluding ortho intramolecular Hbond substituents is 1. The highest BCUT2D eigenvalue weighted by molar-refractivity contribution is 5.94. The fraction of sp³-hybridized carbons (Fsp3) is 0.467. The number of guanidine groups is 1. The van der Waals surface area contributed by atoms with Crippen molar-refractivity contribution in [3.63, 3.8) is 0 Å². The molecule has 7 nitrogen and oxygen atoms in total. The smallest absolute Gasteiger partial charge is 0.246 e. The van der Waals surface area contributed by atoms with Crippen LogP contribution in [0.5, 0.6) is 5.75 Å². The van der Waals surface area contributed by atoms with Crippen molar-refractivity contribution in [2.45, 2.75) is 13.3 Å². The molecule has 7 heteroatoms. The molecule has 0 fully saturated rings. The number of carbonyl (C=O) groups is 1. The molecule has 0 heterocycles. The Kier molecular flexibility index (Phi) is 8.44. The van der Waals surface area contributed by atoms with Gasteiger partial charge in [0.15, 0.2) is 5.96 Å². The first kappa shape index (κ1) is 17.8. The highest BCUT2D eigenvalue weighted by Gasteiger charge is 2.03. The van der Waals surface area contributed by atoms with E-state index in [2.05, 4.69) is 20.9 Å². The lowest BCUT2D eigenvalue weighted by Crippen LogP contribution is -2.38. The van der Waals surface area contributed by atoms with Gasteiger partial charge in [0, 0.05) is 32.5 Å². The van der Waals surface area contributed by atoms with Crippen LogP contribution in [0.3, 0.4) is 0 Å². The fourth-order valence-corrected chi connectivity index (χ4v) is 1.66. The van der Waals surface area contributed by atoms with Gasteiger partial charge >= 0.3 is 0 Å². The highest BCUT2D eigenvalue weighted by atomic mass is 16.5. The highest BCUT2D eigenvalue weighted by Crippen LogP contribution is 2.13. The van der Waals surface area contributed by atoms with Gasteiger partial charge in [-0.2, -0.15) is 0 Å². The average Bonchev–Trinajstić information content (AvgIpc) is 2.51. The minimum Gasteiger partial charge on any atom is -0.508 e. The molecule has 1 aromatic carbocycles. The van der Waals surface area contributed by atoms with Gasteiger partial charge in [-0.1, -0.05) is 0 Å². The summed E-state index contributed by atoms with van der Waals surface area (Å²) in [5, 5.41) is 18.1. The van der Waals surface area contributed by atoms with E-state index in [1.54, 1.807) is 19.2 Å². The van der Waals surface area contributed by atoms with Crippen LogP contribution in [0.2, 0.25) is 0 Å². The molecule has 0 bridgehead atoms. The number of nitrogens with zero attached hydrogens (tertiary/aromatic N) is 1. The van der Waals surface area contributed by atoms with E-state index >= 15 is 0 Å². The predicted octanol–water partition coefficient (Wildman–Crippen LogP) is 0.922. The molecule has 0 aromatic heterocycles. The summed E-state index contributed by atoms with van der Waals surface area (Å²) in [5.74, 6) is 0.532. The van der Waals surface area contributed by atoms with Gasteiger partial charge in [0.25, 0.3) is 0 Å². The molecule has 0 saturated heterocycles. The number of amides is 1. The van der Waals surface area contributed by atoms with Crippen LogP contribution in [-0.4, -0.2) is 50.3 Å². The maximum atomic E-state index is 11.8. The molecule has 0 radical (unpaired) electrons. The SMILES string of the molecule is CCNC(=NCC(=O)Nc1ccc(O)cc1)NCCCOC. The minimum atomic E-state index is -0.222. The summed E-state index contributed by atoms with van der Waals surface area (Å²) in [7, 11) is 1.66. The Hall–Kier alpha value is -2.28. The molecule has 0 spiro atoms. The van der Waals surface area contributed by atoms with Gasteiger partial charge in [-0.15, -0.1) is 0 Å². The Balaban J connectivity index is 2.43. The first-order valence-corrected chi connectivity index (χ1v) is 7.25. The van der Waals surface area contributed by atoms with Gasteiger partial charge in [-0.25, -0.2) is 4.99 Å². The number of rotatable bonds is 8. The third-order valence-electron chi connectivity index (χ3n) is 2.69. The number of aliphatic imine (C=N–C) groups is 1. The van der Waals surface area contributed by atoms with Gasteiger partial charge in [0.2, 0.25) is 5.91 Å². The number of nitrogens with one attached hydrogen (secondary N) is 3. The molecular formula is C15H24N4O3. The van der Waals surface area contributed by atoms with Crippen molar-refractivity contribution in [1.82, 2.24) is 10.6 Å². The largest absolute Gasteiger partial charge is 0.508 e. The molecule has 4 N–H and O–H groups in total. The predicted molar refractivity (Wildman–Crippen MR) is 87.2 cm³/mol. The van der Waals surface area contributed by atoms with Crippen LogP contribution in [0, 0.1) is 0 Å². The maximum Gasteiger partial charge on any atom is 0.246 e. The van der Waals surface area contributed by atoms with Gasteiger partial charge in [0.05, 0.1) is 0 Å². The molecule has 0 unspecified atom stereocenters. The van der Waals surface area contributed by atoms with E-state index in [1.165, 1.54) is 12.1 Å². The number of benzene rings is 1. The van der Waals surface area contributed by atoms with Crippen LogP contribution in [0.1, 0.15) is 13.3 Å². The molecule has 0 saturated carbocycles. The van der Waals surface area contributed by atoms with E-state index < -0.39 is 0 Å². The molecular weight excluding hydrogens is 284 g/mol. The van der Waals surface area contributed by atoms with Crippen LogP contribution in [0.15, 0.2) is 29.3 Å². The van der Waals surface area contributed by atoms with Crippen molar-refractivity contribution < 1.29 is 14.6 Å². The molecule has 22 heavy (non-hydrogen) atoms. The second kappa shape index (κ2) is 10.4. The molecule has 0 atom stereocenters. The zero-order chi connectivity index (χ0) is 16.2. The van der Waals surface area contributed by atoms with Gasteiger partial charge in [0.1, 0.15) is 12.3 Å². The Morgan fingerprint density at radius 1 is 1.27 bits per heavy atom. The van der Waals surface area contributed by atoms with E-state index in [0.717, 1.165) is 19.5 Å².